The van der Waals surface area contributed by atoms with E-state index >= 15 is 0 Å². The van der Waals surface area contributed by atoms with Gasteiger partial charge in [0.1, 0.15) is 0 Å². The van der Waals surface area contributed by atoms with E-state index in [4.69, 9.17) is 23.2 Å². The number of likely N-dealkylation sites (N-methyl/N-ethyl adjacent to an activating group) is 1. The molecule has 1 aromatic carbocycles. The van der Waals surface area contributed by atoms with Gasteiger partial charge < -0.3 is 15.1 Å². The Balaban J connectivity index is 1.91. The standard InChI is InChI=1S/C20H27Cl2N3O3/c1-3-6-18(27)25-11-9-14(10-12-25)20(28)24(4-2)13-17(26)23-19-15(21)7-5-8-16(19)22/h5,7-8,14H,3-4,6,9-13H2,1-2H3,(H,23,26). The molecule has 8 heteroatoms. The summed E-state index contributed by atoms with van der Waals surface area (Å²) in [7, 11) is 0. The van der Waals surface area contributed by atoms with Gasteiger partial charge in [0.2, 0.25) is 17.7 Å². The first-order valence-corrected chi connectivity index (χ1v) is 10.4. The number of hydrogen-bond donors (Lipinski definition) is 1. The summed E-state index contributed by atoms with van der Waals surface area (Å²) < 4.78 is 0. The Morgan fingerprint density at radius 1 is 1.14 bits per heavy atom. The third-order valence-corrected chi connectivity index (χ3v) is 5.55. The average Bonchev–Trinajstić information content (AvgIpc) is 2.69. The first-order valence-electron chi connectivity index (χ1n) is 9.67. The van der Waals surface area contributed by atoms with Crippen LogP contribution in [0.25, 0.3) is 0 Å². The predicted molar refractivity (Wildman–Crippen MR) is 112 cm³/mol. The lowest BCUT2D eigenvalue weighted by Crippen LogP contribution is -2.46. The summed E-state index contributed by atoms with van der Waals surface area (Å²) in [6.45, 7) is 5.37. The highest BCUT2D eigenvalue weighted by Crippen LogP contribution is 2.29. The smallest absolute Gasteiger partial charge is 0.244 e. The third-order valence-electron chi connectivity index (χ3n) is 4.92. The van der Waals surface area contributed by atoms with E-state index < -0.39 is 0 Å². The maximum Gasteiger partial charge on any atom is 0.244 e. The van der Waals surface area contributed by atoms with Crippen molar-refractivity contribution in [2.45, 2.75) is 39.5 Å². The van der Waals surface area contributed by atoms with E-state index in [-0.39, 0.29) is 30.2 Å². The van der Waals surface area contributed by atoms with Crippen molar-refractivity contribution in [3.8, 4) is 0 Å². The number of hydrogen-bond acceptors (Lipinski definition) is 3. The molecule has 0 aromatic heterocycles. The first-order chi connectivity index (χ1) is 13.4. The largest absolute Gasteiger partial charge is 0.343 e. The van der Waals surface area contributed by atoms with Gasteiger partial charge in [-0.25, -0.2) is 0 Å². The second-order valence-electron chi connectivity index (χ2n) is 6.90. The molecule has 1 aliphatic rings. The van der Waals surface area contributed by atoms with Crippen LogP contribution in [0.3, 0.4) is 0 Å². The Morgan fingerprint density at radius 3 is 2.29 bits per heavy atom. The minimum atomic E-state index is -0.347. The fraction of sp³-hybridized carbons (Fsp3) is 0.550. The quantitative estimate of drug-likeness (QED) is 0.718. The number of nitrogens with one attached hydrogen (secondary N) is 1. The van der Waals surface area contributed by atoms with Gasteiger partial charge in [-0.3, -0.25) is 14.4 Å². The van der Waals surface area contributed by atoms with E-state index in [0.29, 0.717) is 54.6 Å². The maximum atomic E-state index is 12.8. The number of piperidine rings is 1. The van der Waals surface area contributed by atoms with E-state index in [1.807, 2.05) is 18.7 Å². The van der Waals surface area contributed by atoms with Crippen LogP contribution in [0.1, 0.15) is 39.5 Å². The van der Waals surface area contributed by atoms with Crippen LogP contribution in [0.15, 0.2) is 18.2 Å². The summed E-state index contributed by atoms with van der Waals surface area (Å²) in [4.78, 5) is 40.6. The molecular weight excluding hydrogens is 401 g/mol. The molecule has 0 saturated carbocycles. The van der Waals surface area contributed by atoms with Crippen LogP contribution >= 0.6 is 23.2 Å². The molecule has 0 aliphatic carbocycles. The number of carbonyl (C=O) groups excluding carboxylic acids is 3. The predicted octanol–water partition coefficient (Wildman–Crippen LogP) is 3.82. The van der Waals surface area contributed by atoms with E-state index in [1.165, 1.54) is 4.90 Å². The van der Waals surface area contributed by atoms with Crippen molar-refractivity contribution >= 4 is 46.6 Å². The van der Waals surface area contributed by atoms with Crippen LogP contribution in [-0.4, -0.2) is 53.7 Å². The number of rotatable bonds is 7. The molecule has 0 bridgehead atoms. The highest BCUT2D eigenvalue weighted by Gasteiger charge is 2.30. The number of carbonyl (C=O) groups is 3. The van der Waals surface area contributed by atoms with Crippen LogP contribution in [0, 0.1) is 5.92 Å². The molecule has 1 saturated heterocycles. The molecule has 0 radical (unpaired) electrons. The molecule has 3 amide bonds. The second kappa shape index (κ2) is 10.7. The lowest BCUT2D eigenvalue weighted by atomic mass is 9.95. The number of benzene rings is 1. The number of halogens is 2. The second-order valence-corrected chi connectivity index (χ2v) is 7.72. The molecule has 1 aromatic rings. The number of anilines is 1. The average molecular weight is 428 g/mol. The topological polar surface area (TPSA) is 69.7 Å². The van der Waals surface area contributed by atoms with Crippen LogP contribution in [0.4, 0.5) is 5.69 Å². The van der Waals surface area contributed by atoms with Crippen LogP contribution in [0.5, 0.6) is 0 Å². The number of para-hydroxylation sites is 1. The zero-order valence-corrected chi connectivity index (χ0v) is 17.9. The minimum absolute atomic E-state index is 0.0505. The SMILES string of the molecule is CCCC(=O)N1CCC(C(=O)N(CC)CC(=O)Nc2c(Cl)cccc2Cl)CC1. The summed E-state index contributed by atoms with van der Waals surface area (Å²) in [5.74, 6) is -0.412. The lowest BCUT2D eigenvalue weighted by Gasteiger charge is -2.34. The highest BCUT2D eigenvalue weighted by atomic mass is 35.5. The van der Waals surface area contributed by atoms with Gasteiger partial charge in [0.25, 0.3) is 0 Å². The molecule has 1 heterocycles. The van der Waals surface area contributed by atoms with Gasteiger partial charge in [0.05, 0.1) is 22.3 Å². The molecule has 28 heavy (non-hydrogen) atoms. The fourth-order valence-electron chi connectivity index (χ4n) is 3.32. The Hall–Kier alpha value is -1.79. The number of likely N-dealkylation sites (tertiary alicyclic amines) is 1. The van der Waals surface area contributed by atoms with Gasteiger partial charge in [-0.05, 0) is 38.3 Å². The minimum Gasteiger partial charge on any atom is -0.343 e. The van der Waals surface area contributed by atoms with Gasteiger partial charge in [0.15, 0.2) is 0 Å². The number of amides is 3. The summed E-state index contributed by atoms with van der Waals surface area (Å²) in [5.41, 5.74) is 0.349. The van der Waals surface area contributed by atoms with Crippen molar-refractivity contribution in [3.63, 3.8) is 0 Å². The molecule has 1 N–H and O–H groups in total. The highest BCUT2D eigenvalue weighted by molar-refractivity contribution is 6.39. The van der Waals surface area contributed by atoms with Crippen molar-refractivity contribution in [3.05, 3.63) is 28.2 Å². The maximum absolute atomic E-state index is 12.8. The summed E-state index contributed by atoms with van der Waals surface area (Å²) >= 11 is 12.2. The normalized spacial score (nSPS) is 14.6. The zero-order valence-electron chi connectivity index (χ0n) is 16.3. The molecule has 154 valence electrons. The summed E-state index contributed by atoms with van der Waals surface area (Å²) in [5, 5.41) is 3.38. The van der Waals surface area contributed by atoms with Crippen LogP contribution in [-0.2, 0) is 14.4 Å². The van der Waals surface area contributed by atoms with E-state index in [9.17, 15) is 14.4 Å². The molecule has 2 rings (SSSR count). The molecule has 1 aliphatic heterocycles. The van der Waals surface area contributed by atoms with Gasteiger partial charge in [-0.1, -0.05) is 36.2 Å². The Morgan fingerprint density at radius 2 is 1.75 bits per heavy atom. The monoisotopic (exact) mass is 427 g/mol. The van der Waals surface area contributed by atoms with Gasteiger partial charge in [-0.2, -0.15) is 0 Å². The molecule has 6 nitrogen and oxygen atoms in total. The van der Waals surface area contributed by atoms with E-state index in [0.717, 1.165) is 6.42 Å². The van der Waals surface area contributed by atoms with Gasteiger partial charge in [0, 0.05) is 32.0 Å². The van der Waals surface area contributed by atoms with Crippen molar-refractivity contribution in [1.29, 1.82) is 0 Å². The van der Waals surface area contributed by atoms with Gasteiger partial charge in [-0.15, -0.1) is 0 Å². The zero-order chi connectivity index (χ0) is 20.7. The molecule has 0 unspecified atom stereocenters. The first kappa shape index (κ1) is 22.5. The van der Waals surface area contributed by atoms with Gasteiger partial charge >= 0.3 is 0 Å². The van der Waals surface area contributed by atoms with Crippen molar-refractivity contribution < 1.29 is 14.4 Å². The van der Waals surface area contributed by atoms with Crippen molar-refractivity contribution in [2.24, 2.45) is 5.92 Å². The number of nitrogens with zero attached hydrogens (tertiary/aromatic N) is 2. The lowest BCUT2D eigenvalue weighted by molar-refractivity contribution is -0.142. The van der Waals surface area contributed by atoms with Crippen LogP contribution in [0.2, 0.25) is 10.0 Å². The van der Waals surface area contributed by atoms with Crippen LogP contribution < -0.4 is 5.32 Å². The molecule has 0 atom stereocenters. The summed E-state index contributed by atoms with van der Waals surface area (Å²) in [6.07, 6.45) is 2.63. The Kier molecular flexibility index (Phi) is 8.58. The Labute approximate surface area is 176 Å². The molecule has 0 spiro atoms. The van der Waals surface area contributed by atoms with Crippen molar-refractivity contribution in [1.82, 2.24) is 9.80 Å². The molecule has 1 fully saturated rings. The van der Waals surface area contributed by atoms with E-state index in [2.05, 4.69) is 5.32 Å². The third kappa shape index (κ3) is 5.85. The Bertz CT molecular complexity index is 698. The molecular formula is C20H27Cl2N3O3. The summed E-state index contributed by atoms with van der Waals surface area (Å²) in [6, 6.07) is 4.97. The van der Waals surface area contributed by atoms with E-state index in [1.54, 1.807) is 18.2 Å². The fourth-order valence-corrected chi connectivity index (χ4v) is 3.81. The van der Waals surface area contributed by atoms with Crippen molar-refractivity contribution in [2.75, 3.05) is 31.5 Å².